The van der Waals surface area contributed by atoms with Crippen LogP contribution >= 0.6 is 0 Å². The number of aromatic amines is 1. The highest BCUT2D eigenvalue weighted by Gasteiger charge is 2.32. The van der Waals surface area contributed by atoms with Gasteiger partial charge in [0.05, 0.1) is 18.2 Å². The normalized spacial score (nSPS) is 21.0. The number of rotatable bonds is 5. The van der Waals surface area contributed by atoms with Gasteiger partial charge in [-0.3, -0.25) is 9.69 Å². The third-order valence-electron chi connectivity index (χ3n) is 6.73. The number of hydrogen-bond donors (Lipinski definition) is 1. The Bertz CT molecular complexity index is 1120. The van der Waals surface area contributed by atoms with E-state index in [1.807, 2.05) is 11.6 Å². The van der Waals surface area contributed by atoms with Gasteiger partial charge in [-0.1, -0.05) is 18.6 Å². The van der Waals surface area contributed by atoms with Crippen LogP contribution in [0.4, 0.5) is 0 Å². The van der Waals surface area contributed by atoms with E-state index in [1.54, 1.807) is 0 Å². The summed E-state index contributed by atoms with van der Waals surface area (Å²) in [6.07, 6.45) is 5.67. The van der Waals surface area contributed by atoms with Gasteiger partial charge >= 0.3 is 0 Å². The minimum Gasteiger partial charge on any atom is -0.376 e. The summed E-state index contributed by atoms with van der Waals surface area (Å²) < 4.78 is 7.67. The van der Waals surface area contributed by atoms with Crippen LogP contribution in [0.25, 0.3) is 10.9 Å². The first-order chi connectivity index (χ1) is 15.1. The number of aryl methyl sites for hydroxylation is 2. The lowest BCUT2D eigenvalue weighted by molar-refractivity contribution is 0.0902. The molecule has 2 saturated heterocycles. The van der Waals surface area contributed by atoms with Gasteiger partial charge in [-0.25, -0.2) is 4.68 Å². The molecule has 0 amide bonds. The standard InChI is InChI=1S/C23H30N6O2/c1-15-8-9-16(2)20-18(15)13-19(23(30)24-20)21(28-10-4-3-5-11-28)22-25-26-27-29(22)14-17-7-6-12-31-17/h8-9,13,17,21H,3-7,10-12,14H2,1-2H3,(H,24,30)/t17-,21-/m0/s1. The molecule has 1 N–H and O–H groups in total. The van der Waals surface area contributed by atoms with E-state index < -0.39 is 0 Å². The van der Waals surface area contributed by atoms with Gasteiger partial charge in [-0.2, -0.15) is 0 Å². The number of nitrogens with zero attached hydrogens (tertiary/aromatic N) is 5. The number of likely N-dealkylation sites (tertiary alicyclic amines) is 1. The summed E-state index contributed by atoms with van der Waals surface area (Å²) >= 11 is 0. The Morgan fingerprint density at radius 3 is 2.74 bits per heavy atom. The number of hydrogen-bond acceptors (Lipinski definition) is 6. The molecule has 0 unspecified atom stereocenters. The van der Waals surface area contributed by atoms with Crippen molar-refractivity contribution < 1.29 is 4.74 Å². The Balaban J connectivity index is 1.63. The number of pyridine rings is 1. The third kappa shape index (κ3) is 3.90. The molecule has 2 aromatic heterocycles. The SMILES string of the molecule is Cc1ccc(C)c2[nH]c(=O)c([C@@H](c3nnnn3C[C@@H]3CCCO3)N3CCCCC3)cc12. The number of fused-ring (bicyclic) bond motifs is 1. The van der Waals surface area contributed by atoms with Gasteiger partial charge in [-0.05, 0) is 80.2 Å². The smallest absolute Gasteiger partial charge is 0.253 e. The monoisotopic (exact) mass is 422 g/mol. The van der Waals surface area contributed by atoms with Crippen molar-refractivity contribution >= 4 is 10.9 Å². The molecule has 0 spiro atoms. The summed E-state index contributed by atoms with van der Waals surface area (Å²) in [5.74, 6) is 0.729. The molecule has 0 saturated carbocycles. The largest absolute Gasteiger partial charge is 0.376 e. The van der Waals surface area contributed by atoms with E-state index in [1.165, 1.54) is 6.42 Å². The molecule has 8 nitrogen and oxygen atoms in total. The molecule has 3 aromatic rings. The average Bonchev–Trinajstić information content (AvgIpc) is 3.46. The Hall–Kier alpha value is -2.58. The van der Waals surface area contributed by atoms with E-state index in [0.717, 1.165) is 73.2 Å². The van der Waals surface area contributed by atoms with Crippen molar-refractivity contribution in [2.75, 3.05) is 19.7 Å². The van der Waals surface area contributed by atoms with Crippen molar-refractivity contribution in [2.45, 2.75) is 64.6 Å². The Morgan fingerprint density at radius 2 is 1.97 bits per heavy atom. The maximum Gasteiger partial charge on any atom is 0.253 e. The minimum atomic E-state index is -0.273. The van der Waals surface area contributed by atoms with Gasteiger partial charge in [0.25, 0.3) is 5.56 Å². The van der Waals surface area contributed by atoms with Crippen LogP contribution in [0.1, 0.15) is 60.7 Å². The Labute approximate surface area is 181 Å². The fraction of sp³-hybridized carbons (Fsp3) is 0.565. The fourth-order valence-electron chi connectivity index (χ4n) is 4.99. The molecule has 8 heteroatoms. The highest BCUT2D eigenvalue weighted by atomic mass is 16.5. The molecule has 1 aromatic carbocycles. The molecular formula is C23H30N6O2. The van der Waals surface area contributed by atoms with Crippen molar-refractivity contribution in [1.82, 2.24) is 30.1 Å². The lowest BCUT2D eigenvalue weighted by Gasteiger charge is -2.33. The zero-order chi connectivity index (χ0) is 21.4. The lowest BCUT2D eigenvalue weighted by atomic mass is 9.98. The van der Waals surface area contributed by atoms with E-state index in [-0.39, 0.29) is 17.7 Å². The summed E-state index contributed by atoms with van der Waals surface area (Å²) in [5.41, 5.74) is 3.77. The van der Waals surface area contributed by atoms with Crippen molar-refractivity contribution in [3.05, 3.63) is 51.1 Å². The first-order valence-corrected chi connectivity index (χ1v) is 11.4. The van der Waals surface area contributed by atoms with Crippen LogP contribution in [-0.4, -0.2) is 55.9 Å². The Kier molecular flexibility index (Phi) is 5.58. The van der Waals surface area contributed by atoms with E-state index in [4.69, 9.17) is 4.74 Å². The minimum absolute atomic E-state index is 0.0663. The molecule has 0 radical (unpaired) electrons. The van der Waals surface area contributed by atoms with Gasteiger partial charge in [0.15, 0.2) is 5.82 Å². The highest BCUT2D eigenvalue weighted by molar-refractivity contribution is 5.85. The third-order valence-corrected chi connectivity index (χ3v) is 6.73. The predicted molar refractivity (Wildman–Crippen MR) is 118 cm³/mol. The van der Waals surface area contributed by atoms with Gasteiger partial charge in [0, 0.05) is 17.6 Å². The van der Waals surface area contributed by atoms with Crippen LogP contribution in [0.2, 0.25) is 0 Å². The molecule has 2 atom stereocenters. The highest BCUT2D eigenvalue weighted by Crippen LogP contribution is 2.31. The molecule has 2 aliphatic rings. The number of benzene rings is 1. The number of piperidine rings is 1. The number of ether oxygens (including phenoxy) is 1. The van der Waals surface area contributed by atoms with Gasteiger partial charge < -0.3 is 9.72 Å². The summed E-state index contributed by atoms with van der Waals surface area (Å²) in [7, 11) is 0. The molecular weight excluding hydrogens is 392 g/mol. The van der Waals surface area contributed by atoms with E-state index in [0.29, 0.717) is 12.1 Å². The zero-order valence-electron chi connectivity index (χ0n) is 18.3. The fourth-order valence-corrected chi connectivity index (χ4v) is 4.99. The second-order valence-electron chi connectivity index (χ2n) is 8.90. The molecule has 31 heavy (non-hydrogen) atoms. The summed E-state index contributed by atoms with van der Waals surface area (Å²) in [6, 6.07) is 5.94. The molecule has 5 rings (SSSR count). The zero-order valence-corrected chi connectivity index (χ0v) is 18.3. The molecule has 2 aliphatic heterocycles. The summed E-state index contributed by atoms with van der Waals surface area (Å²) in [5, 5.41) is 13.8. The molecule has 4 heterocycles. The van der Waals surface area contributed by atoms with Crippen molar-refractivity contribution in [3.8, 4) is 0 Å². The lowest BCUT2D eigenvalue weighted by Crippen LogP contribution is -2.39. The van der Waals surface area contributed by atoms with Crippen LogP contribution in [-0.2, 0) is 11.3 Å². The van der Waals surface area contributed by atoms with Gasteiger partial charge in [0.1, 0.15) is 6.04 Å². The van der Waals surface area contributed by atoms with E-state index in [9.17, 15) is 4.79 Å². The van der Waals surface area contributed by atoms with Crippen LogP contribution in [0.15, 0.2) is 23.0 Å². The average molecular weight is 423 g/mol. The maximum atomic E-state index is 13.3. The van der Waals surface area contributed by atoms with Crippen molar-refractivity contribution in [2.24, 2.45) is 0 Å². The van der Waals surface area contributed by atoms with Crippen LogP contribution in [0.5, 0.6) is 0 Å². The molecule has 164 valence electrons. The maximum absolute atomic E-state index is 13.3. The number of nitrogens with one attached hydrogen (secondary N) is 1. The second-order valence-corrected chi connectivity index (χ2v) is 8.90. The number of aromatic nitrogens is 5. The first kappa shape index (κ1) is 20.3. The van der Waals surface area contributed by atoms with E-state index in [2.05, 4.69) is 50.5 Å². The predicted octanol–water partition coefficient (Wildman–Crippen LogP) is 2.89. The van der Waals surface area contributed by atoms with Crippen LogP contribution in [0, 0.1) is 13.8 Å². The van der Waals surface area contributed by atoms with Crippen LogP contribution < -0.4 is 5.56 Å². The topological polar surface area (TPSA) is 88.9 Å². The quantitative estimate of drug-likeness (QED) is 0.680. The van der Waals surface area contributed by atoms with Gasteiger partial charge in [0.2, 0.25) is 0 Å². The van der Waals surface area contributed by atoms with E-state index >= 15 is 0 Å². The van der Waals surface area contributed by atoms with Crippen molar-refractivity contribution in [1.29, 1.82) is 0 Å². The second kappa shape index (κ2) is 8.51. The van der Waals surface area contributed by atoms with Gasteiger partial charge in [-0.15, -0.1) is 5.10 Å². The summed E-state index contributed by atoms with van der Waals surface area (Å²) in [6.45, 7) is 7.39. The van der Waals surface area contributed by atoms with Crippen molar-refractivity contribution in [3.63, 3.8) is 0 Å². The van der Waals surface area contributed by atoms with Crippen LogP contribution in [0.3, 0.4) is 0 Å². The molecule has 0 bridgehead atoms. The Morgan fingerprint density at radius 1 is 1.16 bits per heavy atom. The first-order valence-electron chi connectivity index (χ1n) is 11.4. The number of H-pyrrole nitrogens is 1. The molecule has 0 aliphatic carbocycles. The molecule has 2 fully saturated rings. The number of tetrazole rings is 1. The summed E-state index contributed by atoms with van der Waals surface area (Å²) in [4.78, 5) is 18.9.